The van der Waals surface area contributed by atoms with Gasteiger partial charge in [-0.1, -0.05) is 13.8 Å². The third-order valence-corrected chi connectivity index (χ3v) is 5.08. The lowest BCUT2D eigenvalue weighted by atomic mass is 9.93. The maximum atomic E-state index is 4.80. The van der Waals surface area contributed by atoms with Crippen LogP contribution in [0.5, 0.6) is 0 Å². The number of aromatic nitrogens is 4. The van der Waals surface area contributed by atoms with E-state index in [1.807, 2.05) is 17.9 Å². The van der Waals surface area contributed by atoms with Crippen molar-refractivity contribution in [1.29, 1.82) is 0 Å². The lowest BCUT2D eigenvalue weighted by Gasteiger charge is -2.25. The largest absolute Gasteiger partial charge is 0.363 e. The van der Waals surface area contributed by atoms with Crippen LogP contribution in [-0.2, 0) is 26.6 Å². The summed E-state index contributed by atoms with van der Waals surface area (Å²) >= 11 is 0. The lowest BCUT2D eigenvalue weighted by Crippen LogP contribution is -2.26. The van der Waals surface area contributed by atoms with Crippen molar-refractivity contribution >= 4 is 5.82 Å². The lowest BCUT2D eigenvalue weighted by molar-refractivity contribution is 0.451. The van der Waals surface area contributed by atoms with Gasteiger partial charge in [0.1, 0.15) is 5.82 Å². The quantitative estimate of drug-likeness (QED) is 0.875. The van der Waals surface area contributed by atoms with E-state index in [2.05, 4.69) is 54.9 Å². The Morgan fingerprint density at radius 3 is 2.80 bits per heavy atom. The summed E-state index contributed by atoms with van der Waals surface area (Å²) in [5, 5.41) is 13.0. The van der Waals surface area contributed by atoms with E-state index in [1.54, 1.807) is 0 Å². The van der Waals surface area contributed by atoms with Crippen LogP contribution in [0, 0.1) is 12.8 Å². The van der Waals surface area contributed by atoms with Gasteiger partial charge in [0.25, 0.3) is 0 Å². The highest BCUT2D eigenvalue weighted by atomic mass is 15.4. The summed E-state index contributed by atoms with van der Waals surface area (Å²) in [5.74, 6) is 1.80. The average Bonchev–Trinajstić information content (AvgIpc) is 3.06. The summed E-state index contributed by atoms with van der Waals surface area (Å²) < 4.78 is 4.19. The number of nitrogens with one attached hydrogen (secondary N) is 1. The second-order valence-electron chi connectivity index (χ2n) is 7.85. The van der Waals surface area contributed by atoms with Gasteiger partial charge in [0.05, 0.1) is 11.9 Å². The van der Waals surface area contributed by atoms with E-state index in [4.69, 9.17) is 5.10 Å². The highest BCUT2D eigenvalue weighted by molar-refractivity contribution is 5.49. The van der Waals surface area contributed by atoms with Crippen LogP contribution in [0.4, 0.5) is 5.82 Å². The monoisotopic (exact) mass is 344 g/mol. The molecule has 1 aliphatic carbocycles. The van der Waals surface area contributed by atoms with Crippen molar-refractivity contribution in [3.63, 3.8) is 0 Å². The van der Waals surface area contributed by atoms with Gasteiger partial charge in [0, 0.05) is 57.1 Å². The van der Waals surface area contributed by atoms with E-state index in [0.29, 0.717) is 12.0 Å². The van der Waals surface area contributed by atoms with Gasteiger partial charge in [-0.2, -0.15) is 10.2 Å². The van der Waals surface area contributed by atoms with Crippen molar-refractivity contribution in [3.05, 3.63) is 28.7 Å². The molecule has 2 aromatic heterocycles. The zero-order valence-corrected chi connectivity index (χ0v) is 16.5. The Morgan fingerprint density at radius 1 is 1.36 bits per heavy atom. The van der Waals surface area contributed by atoms with Crippen molar-refractivity contribution in [2.24, 2.45) is 13.0 Å². The zero-order chi connectivity index (χ0) is 18.1. The average molecular weight is 345 g/mol. The van der Waals surface area contributed by atoms with Gasteiger partial charge < -0.3 is 10.2 Å². The van der Waals surface area contributed by atoms with E-state index in [-0.39, 0.29) is 0 Å². The third-order valence-electron chi connectivity index (χ3n) is 5.08. The molecule has 0 amide bonds. The molecule has 0 radical (unpaired) electrons. The van der Waals surface area contributed by atoms with Crippen LogP contribution in [0.2, 0.25) is 0 Å². The molecule has 2 aromatic rings. The molecule has 1 aliphatic rings. The summed E-state index contributed by atoms with van der Waals surface area (Å²) in [6.07, 6.45) is 5.57. The van der Waals surface area contributed by atoms with Crippen LogP contribution in [-0.4, -0.2) is 33.7 Å². The fourth-order valence-electron chi connectivity index (χ4n) is 3.93. The molecule has 0 aliphatic heterocycles. The molecule has 0 bridgehead atoms. The Kier molecular flexibility index (Phi) is 5.18. The van der Waals surface area contributed by atoms with Crippen molar-refractivity contribution in [3.8, 4) is 0 Å². The van der Waals surface area contributed by atoms with Gasteiger partial charge in [-0.25, -0.2) is 4.68 Å². The molecule has 2 heterocycles. The molecule has 0 fully saturated rings. The molecular weight excluding hydrogens is 312 g/mol. The second-order valence-corrected chi connectivity index (χ2v) is 7.85. The van der Waals surface area contributed by atoms with E-state index >= 15 is 0 Å². The number of hydrogen-bond donors (Lipinski definition) is 1. The zero-order valence-electron chi connectivity index (χ0n) is 16.5. The van der Waals surface area contributed by atoms with E-state index < -0.39 is 0 Å². The first-order chi connectivity index (χ1) is 11.9. The Labute approximate surface area is 151 Å². The summed E-state index contributed by atoms with van der Waals surface area (Å²) in [7, 11) is 6.26. The van der Waals surface area contributed by atoms with Crippen molar-refractivity contribution in [2.45, 2.75) is 59.2 Å². The Hall–Kier alpha value is -1.82. The smallest absolute Gasteiger partial charge is 0.131 e. The van der Waals surface area contributed by atoms with Crippen molar-refractivity contribution < 1.29 is 0 Å². The van der Waals surface area contributed by atoms with E-state index in [9.17, 15) is 0 Å². The van der Waals surface area contributed by atoms with E-state index in [0.717, 1.165) is 25.2 Å². The maximum absolute atomic E-state index is 4.80. The highest BCUT2D eigenvalue weighted by Crippen LogP contribution is 2.30. The number of rotatable bonds is 6. The Morgan fingerprint density at radius 2 is 2.12 bits per heavy atom. The fourth-order valence-corrected chi connectivity index (χ4v) is 3.93. The van der Waals surface area contributed by atoms with Crippen LogP contribution >= 0.6 is 0 Å². The first-order valence-electron chi connectivity index (χ1n) is 9.36. The minimum absolute atomic E-state index is 0.389. The molecule has 138 valence electrons. The van der Waals surface area contributed by atoms with Crippen LogP contribution < -0.4 is 10.2 Å². The van der Waals surface area contributed by atoms with Gasteiger partial charge in [-0.05, 0) is 32.1 Å². The van der Waals surface area contributed by atoms with E-state index in [1.165, 1.54) is 35.5 Å². The predicted octanol–water partition coefficient (Wildman–Crippen LogP) is 2.81. The maximum Gasteiger partial charge on any atom is 0.131 e. The number of fused-ring (bicyclic) bond motifs is 1. The SMILES string of the molecule is Cc1nn(CC(C)C)c(N(C)C)c1CN[C@@H]1CCCc2c1cnn2C. The van der Waals surface area contributed by atoms with Crippen LogP contribution in [0.3, 0.4) is 0 Å². The molecule has 1 N–H and O–H groups in total. The number of aryl methyl sites for hydroxylation is 2. The van der Waals surface area contributed by atoms with Gasteiger partial charge in [0.2, 0.25) is 0 Å². The second kappa shape index (κ2) is 7.20. The molecule has 0 saturated heterocycles. The molecule has 0 unspecified atom stereocenters. The fraction of sp³-hybridized carbons (Fsp3) is 0.684. The van der Waals surface area contributed by atoms with Crippen molar-refractivity contribution in [2.75, 3.05) is 19.0 Å². The number of nitrogens with zero attached hydrogens (tertiary/aromatic N) is 5. The Bertz CT molecular complexity index is 725. The van der Waals surface area contributed by atoms with Gasteiger partial charge in [0.15, 0.2) is 0 Å². The topological polar surface area (TPSA) is 50.9 Å². The highest BCUT2D eigenvalue weighted by Gasteiger charge is 2.24. The first-order valence-corrected chi connectivity index (χ1v) is 9.36. The number of hydrogen-bond acceptors (Lipinski definition) is 4. The standard InChI is InChI=1S/C19H32N6/c1-13(2)12-25-19(23(4)5)15(14(3)22-25)10-20-17-8-7-9-18-16(17)11-21-24(18)6/h11,13,17,20H,7-10,12H2,1-6H3/t17-/m1/s1. The minimum atomic E-state index is 0.389. The van der Waals surface area contributed by atoms with Crippen LogP contribution in [0.15, 0.2) is 6.20 Å². The summed E-state index contributed by atoms with van der Waals surface area (Å²) in [6, 6.07) is 0.389. The minimum Gasteiger partial charge on any atom is -0.363 e. The molecule has 6 heteroatoms. The van der Waals surface area contributed by atoms with Crippen molar-refractivity contribution in [1.82, 2.24) is 24.9 Å². The summed E-state index contributed by atoms with van der Waals surface area (Å²) in [6.45, 7) is 8.39. The normalized spacial score (nSPS) is 17.2. The van der Waals surface area contributed by atoms with Gasteiger partial charge >= 0.3 is 0 Å². The molecule has 0 aromatic carbocycles. The molecule has 25 heavy (non-hydrogen) atoms. The Balaban J connectivity index is 1.81. The third kappa shape index (κ3) is 3.59. The van der Waals surface area contributed by atoms with Crippen LogP contribution in [0.1, 0.15) is 55.2 Å². The molecular formula is C19H32N6. The predicted molar refractivity (Wildman–Crippen MR) is 102 cm³/mol. The summed E-state index contributed by atoms with van der Waals surface area (Å²) in [4.78, 5) is 2.19. The molecule has 0 spiro atoms. The summed E-state index contributed by atoms with van der Waals surface area (Å²) in [5.41, 5.74) is 5.18. The first kappa shape index (κ1) is 18.0. The molecule has 6 nitrogen and oxygen atoms in total. The molecule has 0 saturated carbocycles. The van der Waals surface area contributed by atoms with Crippen LogP contribution in [0.25, 0.3) is 0 Å². The number of anilines is 1. The molecule has 1 atom stereocenters. The molecule has 3 rings (SSSR count). The van der Waals surface area contributed by atoms with Gasteiger partial charge in [-0.15, -0.1) is 0 Å². The van der Waals surface area contributed by atoms with Gasteiger partial charge in [-0.3, -0.25) is 4.68 Å².